The predicted octanol–water partition coefficient (Wildman–Crippen LogP) is 3.74. The summed E-state index contributed by atoms with van der Waals surface area (Å²) in [6.45, 7) is 3.66. The van der Waals surface area contributed by atoms with Crippen molar-refractivity contribution in [2.24, 2.45) is 0 Å². The topological polar surface area (TPSA) is 64.9 Å². The lowest BCUT2D eigenvalue weighted by atomic mass is 10.1. The Morgan fingerprint density at radius 1 is 1.10 bits per heavy atom. The second-order valence-electron chi connectivity index (χ2n) is 4.98. The molecule has 5 heteroatoms. The van der Waals surface area contributed by atoms with Crippen LogP contribution in [0.2, 0.25) is 0 Å². The average molecular weight is 283 g/mol. The van der Waals surface area contributed by atoms with Gasteiger partial charge in [-0.15, -0.1) is 0 Å². The van der Waals surface area contributed by atoms with Crippen molar-refractivity contribution in [3.8, 4) is 22.8 Å². The Morgan fingerprint density at radius 2 is 1.90 bits per heavy atom. The van der Waals surface area contributed by atoms with Crippen LogP contribution in [0.25, 0.3) is 22.8 Å². The lowest BCUT2D eigenvalue weighted by Gasteiger charge is -2.01. The molecule has 1 aromatic heterocycles. The number of nitrogen functional groups attached to an aromatic ring is 1. The van der Waals surface area contributed by atoms with E-state index in [2.05, 4.69) is 10.1 Å². The van der Waals surface area contributed by atoms with Crippen molar-refractivity contribution in [2.75, 3.05) is 5.73 Å². The Labute approximate surface area is 121 Å². The molecule has 0 radical (unpaired) electrons. The first-order chi connectivity index (χ1) is 10.0. The first kappa shape index (κ1) is 13.3. The summed E-state index contributed by atoms with van der Waals surface area (Å²) in [5.41, 5.74) is 9.35. The summed E-state index contributed by atoms with van der Waals surface area (Å²) in [6, 6.07) is 10.4. The zero-order valence-corrected chi connectivity index (χ0v) is 11.7. The molecule has 4 nitrogen and oxygen atoms in total. The molecule has 3 rings (SSSR count). The molecule has 0 saturated carbocycles. The van der Waals surface area contributed by atoms with Crippen LogP contribution in [0.4, 0.5) is 10.1 Å². The second kappa shape index (κ2) is 5.01. The number of anilines is 1. The van der Waals surface area contributed by atoms with Gasteiger partial charge in [0.1, 0.15) is 5.82 Å². The van der Waals surface area contributed by atoms with E-state index in [9.17, 15) is 4.39 Å². The molecule has 1 heterocycles. The van der Waals surface area contributed by atoms with E-state index >= 15 is 0 Å². The average Bonchev–Trinajstić information content (AvgIpc) is 2.94. The van der Waals surface area contributed by atoms with Crippen molar-refractivity contribution < 1.29 is 8.91 Å². The van der Waals surface area contributed by atoms with Crippen molar-refractivity contribution in [3.63, 3.8) is 0 Å². The van der Waals surface area contributed by atoms with Gasteiger partial charge >= 0.3 is 0 Å². The summed E-state index contributed by atoms with van der Waals surface area (Å²) >= 11 is 0. The number of benzene rings is 2. The Hall–Kier alpha value is -2.69. The standard InChI is InChI=1S/C16H14FN3O/c1-9-3-6-14(18)12(7-9)16-19-15(20-21-16)11-5-4-10(2)13(17)8-11/h3-8H,18H2,1-2H3. The van der Waals surface area contributed by atoms with Gasteiger partial charge in [0.15, 0.2) is 0 Å². The molecule has 0 atom stereocenters. The van der Waals surface area contributed by atoms with Crippen molar-refractivity contribution >= 4 is 5.69 Å². The number of nitrogens with two attached hydrogens (primary N) is 1. The number of nitrogens with zero attached hydrogens (tertiary/aromatic N) is 2. The van der Waals surface area contributed by atoms with Gasteiger partial charge in [0.05, 0.1) is 5.56 Å². The van der Waals surface area contributed by atoms with Crippen LogP contribution < -0.4 is 5.73 Å². The highest BCUT2D eigenvalue weighted by atomic mass is 19.1. The Kier molecular flexibility index (Phi) is 3.17. The smallest absolute Gasteiger partial charge is 0.260 e. The Bertz CT molecular complexity index is 811. The van der Waals surface area contributed by atoms with Gasteiger partial charge in [0.25, 0.3) is 5.89 Å². The monoisotopic (exact) mass is 283 g/mol. The molecule has 0 aliphatic carbocycles. The molecular formula is C16H14FN3O. The summed E-state index contributed by atoms with van der Waals surface area (Å²) in [5.74, 6) is 0.367. The number of aromatic nitrogens is 2. The molecule has 2 aromatic carbocycles. The predicted molar refractivity (Wildman–Crippen MR) is 79.0 cm³/mol. The molecule has 0 unspecified atom stereocenters. The fourth-order valence-corrected chi connectivity index (χ4v) is 2.04. The van der Waals surface area contributed by atoms with Crippen LogP contribution in [-0.4, -0.2) is 10.1 Å². The van der Waals surface area contributed by atoms with Crippen molar-refractivity contribution in [1.82, 2.24) is 10.1 Å². The van der Waals surface area contributed by atoms with Crippen LogP contribution in [0, 0.1) is 19.7 Å². The first-order valence-electron chi connectivity index (χ1n) is 6.51. The molecule has 0 amide bonds. The van der Waals surface area contributed by atoms with Crippen LogP contribution >= 0.6 is 0 Å². The quantitative estimate of drug-likeness (QED) is 0.727. The molecule has 0 bridgehead atoms. The normalized spacial score (nSPS) is 10.8. The number of aryl methyl sites for hydroxylation is 2. The fourth-order valence-electron chi connectivity index (χ4n) is 2.04. The maximum absolute atomic E-state index is 13.6. The van der Waals surface area contributed by atoms with Gasteiger partial charge < -0.3 is 10.3 Å². The van der Waals surface area contributed by atoms with Gasteiger partial charge in [-0.05, 0) is 37.6 Å². The Balaban J connectivity index is 2.03. The molecule has 106 valence electrons. The minimum Gasteiger partial charge on any atom is -0.398 e. The molecule has 0 saturated heterocycles. The number of hydrogen-bond acceptors (Lipinski definition) is 4. The molecule has 0 aliphatic heterocycles. The minimum absolute atomic E-state index is 0.297. The van der Waals surface area contributed by atoms with E-state index in [4.69, 9.17) is 10.3 Å². The highest BCUT2D eigenvalue weighted by molar-refractivity contribution is 5.72. The highest BCUT2D eigenvalue weighted by Gasteiger charge is 2.14. The third kappa shape index (κ3) is 2.50. The van der Waals surface area contributed by atoms with E-state index < -0.39 is 0 Å². The lowest BCUT2D eigenvalue weighted by molar-refractivity contribution is 0.432. The first-order valence-corrected chi connectivity index (χ1v) is 6.51. The molecule has 3 aromatic rings. The largest absolute Gasteiger partial charge is 0.398 e. The minimum atomic E-state index is -0.297. The number of rotatable bonds is 2. The van der Waals surface area contributed by atoms with Gasteiger partial charge in [-0.2, -0.15) is 4.98 Å². The summed E-state index contributed by atoms with van der Waals surface area (Å²) in [4.78, 5) is 4.30. The van der Waals surface area contributed by atoms with E-state index in [0.29, 0.717) is 34.1 Å². The number of halogens is 1. The maximum atomic E-state index is 13.6. The molecule has 21 heavy (non-hydrogen) atoms. The zero-order valence-electron chi connectivity index (χ0n) is 11.7. The van der Waals surface area contributed by atoms with Crippen LogP contribution in [0.5, 0.6) is 0 Å². The van der Waals surface area contributed by atoms with Gasteiger partial charge in [-0.3, -0.25) is 0 Å². The van der Waals surface area contributed by atoms with Gasteiger partial charge in [-0.1, -0.05) is 28.9 Å². The van der Waals surface area contributed by atoms with Crippen molar-refractivity contribution in [3.05, 3.63) is 53.3 Å². The van der Waals surface area contributed by atoms with E-state index in [1.54, 1.807) is 25.1 Å². The fraction of sp³-hybridized carbons (Fsp3) is 0.125. The lowest BCUT2D eigenvalue weighted by Crippen LogP contribution is -1.91. The zero-order chi connectivity index (χ0) is 15.0. The van der Waals surface area contributed by atoms with Crippen LogP contribution in [-0.2, 0) is 0 Å². The molecular weight excluding hydrogens is 269 g/mol. The van der Waals surface area contributed by atoms with E-state index in [0.717, 1.165) is 5.56 Å². The van der Waals surface area contributed by atoms with Gasteiger partial charge in [0.2, 0.25) is 5.82 Å². The summed E-state index contributed by atoms with van der Waals surface area (Å²) in [5, 5.41) is 3.90. The second-order valence-corrected chi connectivity index (χ2v) is 4.98. The van der Waals surface area contributed by atoms with Gasteiger partial charge in [-0.25, -0.2) is 4.39 Å². The van der Waals surface area contributed by atoms with E-state index in [1.165, 1.54) is 6.07 Å². The third-order valence-electron chi connectivity index (χ3n) is 3.30. The Morgan fingerprint density at radius 3 is 2.67 bits per heavy atom. The number of hydrogen-bond donors (Lipinski definition) is 1. The SMILES string of the molecule is Cc1ccc(N)c(-c2nc(-c3ccc(C)c(F)c3)no2)c1. The maximum Gasteiger partial charge on any atom is 0.260 e. The summed E-state index contributed by atoms with van der Waals surface area (Å²) < 4.78 is 18.9. The van der Waals surface area contributed by atoms with Crippen molar-refractivity contribution in [1.29, 1.82) is 0 Å². The van der Waals surface area contributed by atoms with Gasteiger partial charge in [0, 0.05) is 11.3 Å². The summed E-state index contributed by atoms with van der Waals surface area (Å²) in [6.07, 6.45) is 0. The molecule has 0 fully saturated rings. The third-order valence-corrected chi connectivity index (χ3v) is 3.30. The van der Waals surface area contributed by atoms with Crippen LogP contribution in [0.15, 0.2) is 40.9 Å². The van der Waals surface area contributed by atoms with Crippen LogP contribution in [0.3, 0.4) is 0 Å². The van der Waals surface area contributed by atoms with Crippen LogP contribution in [0.1, 0.15) is 11.1 Å². The molecule has 2 N–H and O–H groups in total. The highest BCUT2D eigenvalue weighted by Crippen LogP contribution is 2.28. The summed E-state index contributed by atoms with van der Waals surface area (Å²) in [7, 11) is 0. The van der Waals surface area contributed by atoms with E-state index in [1.807, 2.05) is 19.1 Å². The molecule has 0 spiro atoms. The molecule has 0 aliphatic rings. The van der Waals surface area contributed by atoms with Crippen molar-refractivity contribution in [2.45, 2.75) is 13.8 Å². The van der Waals surface area contributed by atoms with E-state index in [-0.39, 0.29) is 5.82 Å².